The average molecular weight is 719 g/mol. The molecule has 0 radical (unpaired) electrons. The number of hydrogen-bond donors (Lipinski definition) is 1. The van der Waals surface area contributed by atoms with Crippen LogP contribution in [0.1, 0.15) is 61.4 Å². The molecule has 0 aliphatic carbocycles. The predicted octanol–water partition coefficient (Wildman–Crippen LogP) is 5.78. The Balaban J connectivity index is 0.000000815. The molecule has 1 aromatic heterocycles. The number of hydrogen-bond acceptors (Lipinski definition) is 8. The largest absolute Gasteiger partial charge is 0.550 e. The van der Waals surface area contributed by atoms with Crippen LogP contribution in [0.25, 0.3) is 11.3 Å². The first-order chi connectivity index (χ1) is 25.8. The van der Waals surface area contributed by atoms with E-state index in [1.165, 1.54) is 19.6 Å². The van der Waals surface area contributed by atoms with Crippen molar-refractivity contribution in [2.75, 3.05) is 33.9 Å². The monoisotopic (exact) mass is 718 g/mol. The van der Waals surface area contributed by atoms with Gasteiger partial charge >= 0.3 is 5.97 Å². The maximum absolute atomic E-state index is 11.7. The number of pyridine rings is 1. The molecule has 1 heterocycles. The first-order valence-electron chi connectivity index (χ1n) is 18.0. The molecule has 53 heavy (non-hydrogen) atoms. The van der Waals surface area contributed by atoms with Gasteiger partial charge in [-0.05, 0) is 85.3 Å². The number of nitrogens with zero attached hydrogens (tertiary/aromatic N) is 1. The number of carboxylic acid groups (broad SMARTS) is 1. The molecule has 0 unspecified atom stereocenters. The Hall–Kier alpha value is -5.51. The Kier molecular flexibility index (Phi) is 15.6. The summed E-state index contributed by atoms with van der Waals surface area (Å²) in [7, 11) is 3.29. The molecule has 5 aromatic rings. The maximum Gasteiger partial charge on any atom is 0.306 e. The van der Waals surface area contributed by atoms with Crippen molar-refractivity contribution in [3.05, 3.63) is 149 Å². The number of aliphatic carboxylic acids is 1. The third kappa shape index (κ3) is 11.2. The summed E-state index contributed by atoms with van der Waals surface area (Å²) in [6, 6.07) is 37.4. The van der Waals surface area contributed by atoms with Crippen molar-refractivity contribution in [3.8, 4) is 22.8 Å². The van der Waals surface area contributed by atoms with E-state index in [1.807, 2.05) is 103 Å². The van der Waals surface area contributed by atoms with Crippen LogP contribution in [0.15, 0.2) is 121 Å². The molecule has 4 aromatic carbocycles. The van der Waals surface area contributed by atoms with Crippen LogP contribution in [0.2, 0.25) is 0 Å². The average Bonchev–Trinajstić information content (AvgIpc) is 3.21. The van der Waals surface area contributed by atoms with Crippen molar-refractivity contribution < 1.29 is 38.5 Å². The Bertz CT molecular complexity index is 1770. The highest BCUT2D eigenvalue weighted by Crippen LogP contribution is 2.42. The van der Waals surface area contributed by atoms with Crippen molar-refractivity contribution in [1.29, 1.82) is 0 Å². The predicted molar refractivity (Wildman–Crippen MR) is 203 cm³/mol. The quantitative estimate of drug-likeness (QED) is 0.0953. The van der Waals surface area contributed by atoms with Gasteiger partial charge in [0.1, 0.15) is 23.7 Å². The molecule has 0 aliphatic rings. The number of esters is 1. The topological polar surface area (TPSA) is 111 Å². The van der Waals surface area contributed by atoms with Crippen LogP contribution in [0, 0.1) is 0 Å². The number of nitrogens with one attached hydrogen (secondary N) is 1. The lowest BCUT2D eigenvalue weighted by atomic mass is 9.80. The van der Waals surface area contributed by atoms with Gasteiger partial charge in [0, 0.05) is 17.7 Å². The fourth-order valence-corrected chi connectivity index (χ4v) is 5.91. The van der Waals surface area contributed by atoms with Gasteiger partial charge in [-0.25, -0.2) is 0 Å². The molecule has 9 heteroatoms. The Morgan fingerprint density at radius 2 is 1.17 bits per heavy atom. The summed E-state index contributed by atoms with van der Waals surface area (Å²) < 4.78 is 23.0. The molecule has 0 bridgehead atoms. The van der Waals surface area contributed by atoms with Gasteiger partial charge in [-0.3, -0.25) is 9.78 Å². The lowest BCUT2D eigenvalue weighted by molar-refractivity contribution is -0.894. The zero-order valence-electron chi connectivity index (χ0n) is 31.3. The minimum atomic E-state index is -1.28. The third-order valence-electron chi connectivity index (χ3n) is 9.14. The Morgan fingerprint density at radius 3 is 1.62 bits per heavy atom. The van der Waals surface area contributed by atoms with Crippen molar-refractivity contribution in [2.45, 2.75) is 52.4 Å². The second kappa shape index (κ2) is 20.5. The zero-order chi connectivity index (χ0) is 38.1. The molecule has 0 saturated heterocycles. The van der Waals surface area contributed by atoms with Crippen LogP contribution in [0.4, 0.5) is 0 Å². The molecular weight excluding hydrogens is 668 g/mol. The fraction of sp³-hybridized carbons (Fsp3) is 0.295. The number of ether oxygens (including phenoxy) is 4. The molecular formula is C44H50N2O7. The van der Waals surface area contributed by atoms with Crippen LogP contribution in [0.3, 0.4) is 0 Å². The lowest BCUT2D eigenvalue weighted by Gasteiger charge is -2.36. The fourth-order valence-electron chi connectivity index (χ4n) is 5.91. The molecule has 0 atom stereocenters. The van der Waals surface area contributed by atoms with Gasteiger partial charge < -0.3 is 33.7 Å². The van der Waals surface area contributed by atoms with Crippen LogP contribution in [0.5, 0.6) is 11.5 Å². The van der Waals surface area contributed by atoms with Crippen molar-refractivity contribution in [1.82, 2.24) is 4.98 Å². The van der Waals surface area contributed by atoms with E-state index < -0.39 is 17.5 Å². The number of methoxy groups -OCH3 is 2. The standard InChI is InChI=1S/C38H35NO7.C6H15N/c1-43-33-17-13-31(14-18-33)38(30-6-4-3-5-7-30,32-15-19-34(44-2)20-16-32)46-26-28-10-21-35(39-24-28)29-11-8-27(9-12-29)25-45-37(42)23-22-36(40)41;1-4-7(5-2)6-3/h3-21,24H,22-23,25-26H2,1-2H3,(H,40,41);4-6H2,1-3H3. The molecule has 1 N–H and O–H groups in total. The lowest BCUT2D eigenvalue weighted by Crippen LogP contribution is -3.11. The molecule has 0 fully saturated rings. The number of carboxylic acids is 1. The number of carbonyl (C=O) groups excluding carboxylic acids is 2. The minimum absolute atomic E-state index is 0.0570. The smallest absolute Gasteiger partial charge is 0.306 e. The SMILES string of the molecule is CC[NH+](CC)CC.COc1ccc(C(OCc2ccc(-c3ccc(COC(=O)CCC(=O)[O-])cc3)nc2)(c2ccccc2)c2ccc(OC)cc2)cc1. The van der Waals surface area contributed by atoms with Crippen molar-refractivity contribution in [3.63, 3.8) is 0 Å². The van der Waals surface area contributed by atoms with E-state index in [2.05, 4.69) is 32.9 Å². The summed E-state index contributed by atoms with van der Waals surface area (Å²) in [6.45, 7) is 10.8. The number of aromatic nitrogens is 1. The maximum atomic E-state index is 11.7. The molecule has 9 nitrogen and oxygen atoms in total. The minimum Gasteiger partial charge on any atom is -0.550 e. The van der Waals surface area contributed by atoms with E-state index in [0.29, 0.717) is 0 Å². The van der Waals surface area contributed by atoms with Crippen LogP contribution < -0.4 is 19.5 Å². The van der Waals surface area contributed by atoms with Gasteiger partial charge in [-0.15, -0.1) is 0 Å². The summed E-state index contributed by atoms with van der Waals surface area (Å²) in [6.07, 6.45) is 1.23. The number of quaternary nitrogens is 1. The summed E-state index contributed by atoms with van der Waals surface area (Å²) in [5.74, 6) is -0.357. The number of rotatable bonds is 17. The van der Waals surface area contributed by atoms with E-state index in [0.717, 1.165) is 50.6 Å². The van der Waals surface area contributed by atoms with E-state index in [-0.39, 0.29) is 26.1 Å². The van der Waals surface area contributed by atoms with Crippen LogP contribution in [-0.4, -0.2) is 50.8 Å². The summed E-state index contributed by atoms with van der Waals surface area (Å²) in [5.41, 5.74) is 5.27. The van der Waals surface area contributed by atoms with Gasteiger partial charge in [0.05, 0.1) is 52.6 Å². The zero-order valence-corrected chi connectivity index (χ0v) is 31.3. The first kappa shape index (κ1) is 40.3. The number of carbonyl (C=O) groups is 2. The van der Waals surface area contributed by atoms with E-state index >= 15 is 0 Å². The third-order valence-corrected chi connectivity index (χ3v) is 9.14. The molecule has 0 spiro atoms. The van der Waals surface area contributed by atoms with Crippen LogP contribution in [-0.2, 0) is 37.9 Å². The van der Waals surface area contributed by atoms with E-state index in [1.54, 1.807) is 25.3 Å². The second-order valence-electron chi connectivity index (χ2n) is 12.4. The van der Waals surface area contributed by atoms with Crippen LogP contribution >= 0.6 is 0 Å². The normalized spacial score (nSPS) is 11.0. The highest BCUT2D eigenvalue weighted by molar-refractivity contribution is 5.75. The van der Waals surface area contributed by atoms with Gasteiger partial charge in [0.15, 0.2) is 0 Å². The summed E-state index contributed by atoms with van der Waals surface area (Å²) in [5, 5.41) is 10.5. The van der Waals surface area contributed by atoms with Gasteiger partial charge in [-0.2, -0.15) is 0 Å². The molecule has 0 aliphatic heterocycles. The molecule has 278 valence electrons. The highest BCUT2D eigenvalue weighted by Gasteiger charge is 2.38. The Labute approximate surface area is 313 Å². The van der Waals surface area contributed by atoms with Gasteiger partial charge in [-0.1, -0.05) is 84.9 Å². The van der Waals surface area contributed by atoms with Crippen molar-refractivity contribution >= 4 is 11.9 Å². The molecule has 0 amide bonds. The molecule has 0 saturated carbocycles. The summed E-state index contributed by atoms with van der Waals surface area (Å²) in [4.78, 5) is 28.6. The van der Waals surface area contributed by atoms with Gasteiger partial charge in [0.25, 0.3) is 0 Å². The highest BCUT2D eigenvalue weighted by atomic mass is 16.5. The first-order valence-corrected chi connectivity index (χ1v) is 18.0. The second-order valence-corrected chi connectivity index (χ2v) is 12.4. The summed E-state index contributed by atoms with van der Waals surface area (Å²) >= 11 is 0. The van der Waals surface area contributed by atoms with E-state index in [9.17, 15) is 14.7 Å². The molecule has 5 rings (SSSR count). The van der Waals surface area contributed by atoms with Gasteiger partial charge in [0.2, 0.25) is 0 Å². The number of benzene rings is 4. The van der Waals surface area contributed by atoms with Crippen molar-refractivity contribution in [2.24, 2.45) is 0 Å². The Morgan fingerprint density at radius 1 is 0.642 bits per heavy atom. The van der Waals surface area contributed by atoms with E-state index in [4.69, 9.17) is 23.9 Å².